The Hall–Kier alpha value is -3.63. The fourth-order valence-electron chi connectivity index (χ4n) is 5.04. The second-order valence-corrected chi connectivity index (χ2v) is 10.3. The summed E-state index contributed by atoms with van der Waals surface area (Å²) >= 11 is 0. The van der Waals surface area contributed by atoms with Crippen molar-refractivity contribution in [2.75, 3.05) is 38.7 Å². The smallest absolute Gasteiger partial charge is 0.318 e. The number of fused-ring (bicyclic) bond motifs is 1. The van der Waals surface area contributed by atoms with Crippen LogP contribution in [0.2, 0.25) is 0 Å². The molecule has 0 amide bonds. The summed E-state index contributed by atoms with van der Waals surface area (Å²) in [5.74, 6) is -1.92. The van der Waals surface area contributed by atoms with Gasteiger partial charge in [0.05, 0.1) is 42.0 Å². The molecule has 0 bridgehead atoms. The summed E-state index contributed by atoms with van der Waals surface area (Å²) in [5.41, 5.74) is 1.71. The number of rotatable bonds is 9. The highest BCUT2D eigenvalue weighted by Crippen LogP contribution is 2.48. The number of nitrogens with zero attached hydrogens (tertiary/aromatic N) is 3. The normalized spacial score (nSPS) is 18.9. The van der Waals surface area contributed by atoms with Gasteiger partial charge in [-0.25, -0.2) is 13.8 Å². The number of carbonyl (C=O) groups excluding carboxylic acids is 1. The number of imidazole rings is 1. The number of ether oxygens (including phenoxy) is 2. The zero-order chi connectivity index (χ0) is 27.7. The molecule has 0 radical (unpaired) electrons. The summed E-state index contributed by atoms with van der Waals surface area (Å²) in [7, 11) is 2.02. The number of hydrogen-bond donors (Lipinski definition) is 2. The van der Waals surface area contributed by atoms with Gasteiger partial charge in [0, 0.05) is 37.6 Å². The van der Waals surface area contributed by atoms with E-state index >= 15 is 8.78 Å². The topological polar surface area (TPSA) is 92.0 Å². The Labute approximate surface area is 226 Å². The van der Waals surface area contributed by atoms with Crippen molar-refractivity contribution in [2.45, 2.75) is 39.2 Å². The average molecular weight is 538 g/mol. The minimum atomic E-state index is -0.913. The van der Waals surface area contributed by atoms with E-state index in [9.17, 15) is 4.79 Å². The second-order valence-electron chi connectivity index (χ2n) is 10.3. The molecule has 1 aliphatic carbocycles. The third-order valence-electron chi connectivity index (χ3n) is 7.35. The Kier molecular flexibility index (Phi) is 7.51. The van der Waals surface area contributed by atoms with Crippen molar-refractivity contribution in [1.29, 1.82) is 5.41 Å². The number of benzene rings is 1. The number of nitrogens with one attached hydrogen (secondary N) is 2. The lowest BCUT2D eigenvalue weighted by Crippen LogP contribution is -2.41. The maximum atomic E-state index is 15.5. The van der Waals surface area contributed by atoms with Crippen molar-refractivity contribution >= 4 is 23.0 Å². The SMILES string of the molecule is CCOC(=O)C1(C(=N)/C=C\Nc2cc(F)c(-c3nc4cc(C)ccn4c3CC3CN(C)CCO3)c(F)c2)CC1. The van der Waals surface area contributed by atoms with Gasteiger partial charge in [-0.05, 0) is 69.6 Å². The molecular weight excluding hydrogens is 504 g/mol. The predicted molar refractivity (Wildman–Crippen MR) is 145 cm³/mol. The lowest BCUT2D eigenvalue weighted by molar-refractivity contribution is -0.146. The number of aryl methyl sites for hydroxylation is 1. The molecule has 1 saturated carbocycles. The number of halogens is 2. The van der Waals surface area contributed by atoms with Crippen molar-refractivity contribution < 1.29 is 23.0 Å². The van der Waals surface area contributed by atoms with Gasteiger partial charge in [0.15, 0.2) is 0 Å². The van der Waals surface area contributed by atoms with Crippen LogP contribution in [-0.2, 0) is 20.7 Å². The maximum absolute atomic E-state index is 15.5. The minimum Gasteiger partial charge on any atom is -0.465 e. The number of anilines is 1. The number of likely N-dealkylation sites (N-methyl/N-ethyl adjacent to an activating group) is 1. The first-order valence-corrected chi connectivity index (χ1v) is 13.2. The largest absolute Gasteiger partial charge is 0.465 e. The highest BCUT2D eigenvalue weighted by Gasteiger charge is 2.54. The third-order valence-corrected chi connectivity index (χ3v) is 7.35. The Morgan fingerprint density at radius 1 is 1.31 bits per heavy atom. The van der Waals surface area contributed by atoms with E-state index in [1.807, 2.05) is 36.7 Å². The molecule has 2 N–H and O–H groups in total. The Bertz CT molecular complexity index is 1420. The van der Waals surface area contributed by atoms with Crippen molar-refractivity contribution in [3.63, 3.8) is 0 Å². The van der Waals surface area contributed by atoms with Crippen LogP contribution >= 0.6 is 0 Å². The summed E-state index contributed by atoms with van der Waals surface area (Å²) in [5, 5.41) is 11.1. The molecule has 2 aromatic heterocycles. The molecule has 3 heterocycles. The summed E-state index contributed by atoms with van der Waals surface area (Å²) in [6.07, 6.45) is 6.14. The quantitative estimate of drug-likeness (QED) is 0.302. The molecule has 1 atom stereocenters. The molecule has 2 aliphatic rings. The van der Waals surface area contributed by atoms with Gasteiger partial charge in [0.2, 0.25) is 0 Å². The number of allylic oxidation sites excluding steroid dienone is 1. The van der Waals surface area contributed by atoms with Gasteiger partial charge in [-0.3, -0.25) is 4.79 Å². The molecule has 2 fully saturated rings. The first-order chi connectivity index (χ1) is 18.7. The molecule has 5 rings (SSSR count). The highest BCUT2D eigenvalue weighted by molar-refractivity contribution is 6.13. The van der Waals surface area contributed by atoms with E-state index in [4.69, 9.17) is 14.9 Å². The molecule has 39 heavy (non-hydrogen) atoms. The number of aromatic nitrogens is 2. The van der Waals surface area contributed by atoms with E-state index in [1.54, 1.807) is 6.92 Å². The molecule has 10 heteroatoms. The molecule has 1 saturated heterocycles. The van der Waals surface area contributed by atoms with Gasteiger partial charge in [0.25, 0.3) is 0 Å². The van der Waals surface area contributed by atoms with E-state index in [0.717, 1.165) is 12.1 Å². The lowest BCUT2D eigenvalue weighted by atomic mass is 10.0. The molecule has 8 nitrogen and oxygen atoms in total. The van der Waals surface area contributed by atoms with Gasteiger partial charge in [0.1, 0.15) is 22.7 Å². The third kappa shape index (κ3) is 5.44. The van der Waals surface area contributed by atoms with Crippen molar-refractivity contribution in [1.82, 2.24) is 14.3 Å². The monoisotopic (exact) mass is 537 g/mol. The van der Waals surface area contributed by atoms with Crippen LogP contribution in [0.5, 0.6) is 0 Å². The molecule has 1 unspecified atom stereocenters. The van der Waals surface area contributed by atoms with Crippen LogP contribution in [0.3, 0.4) is 0 Å². The van der Waals surface area contributed by atoms with Gasteiger partial charge in [-0.2, -0.15) is 0 Å². The maximum Gasteiger partial charge on any atom is 0.318 e. The van der Waals surface area contributed by atoms with E-state index in [2.05, 4.69) is 15.2 Å². The van der Waals surface area contributed by atoms with Crippen LogP contribution in [0.25, 0.3) is 16.9 Å². The number of carbonyl (C=O) groups is 1. The molecule has 0 spiro atoms. The fourth-order valence-corrected chi connectivity index (χ4v) is 5.04. The first kappa shape index (κ1) is 27.0. The first-order valence-electron chi connectivity index (χ1n) is 13.2. The van der Waals surface area contributed by atoms with Crippen molar-refractivity contribution in [2.24, 2.45) is 5.41 Å². The molecule has 1 aliphatic heterocycles. The van der Waals surface area contributed by atoms with Gasteiger partial charge in [-0.1, -0.05) is 0 Å². The molecule has 1 aromatic carbocycles. The van der Waals surface area contributed by atoms with Gasteiger partial charge >= 0.3 is 5.97 Å². The zero-order valence-electron chi connectivity index (χ0n) is 22.4. The van der Waals surface area contributed by atoms with Crippen LogP contribution < -0.4 is 5.32 Å². The standard InChI is InChI=1S/C29H33F2N5O3/c1-4-38-28(37)29(7-8-29)24(32)5-9-33-19-14-21(30)26(22(31)15-19)27-23(16-20-17-35(3)11-12-39-20)36-10-6-18(2)13-25(36)34-27/h5-6,9-10,13-15,20,32-33H,4,7-8,11-12,16-17H2,1-3H3/b9-5-,32-24?. The van der Waals surface area contributed by atoms with Crippen LogP contribution in [-0.4, -0.2) is 65.4 Å². The highest BCUT2D eigenvalue weighted by atomic mass is 19.1. The summed E-state index contributed by atoms with van der Waals surface area (Å²) in [4.78, 5) is 19.0. The number of pyridine rings is 1. The summed E-state index contributed by atoms with van der Waals surface area (Å²) in [6, 6.07) is 6.23. The zero-order valence-corrected chi connectivity index (χ0v) is 22.4. The predicted octanol–water partition coefficient (Wildman–Crippen LogP) is 4.75. The van der Waals surface area contributed by atoms with E-state index < -0.39 is 23.0 Å². The molecular formula is C29H33F2N5O3. The second kappa shape index (κ2) is 10.9. The van der Waals surface area contributed by atoms with E-state index in [-0.39, 0.29) is 35.4 Å². The van der Waals surface area contributed by atoms with Gasteiger partial charge < -0.3 is 29.5 Å². The number of esters is 1. The van der Waals surface area contributed by atoms with Gasteiger partial charge in [-0.15, -0.1) is 0 Å². The van der Waals surface area contributed by atoms with E-state index in [1.165, 1.54) is 24.4 Å². The Morgan fingerprint density at radius 3 is 2.72 bits per heavy atom. The van der Waals surface area contributed by atoms with Crippen molar-refractivity contribution in [3.8, 4) is 11.3 Å². The van der Waals surface area contributed by atoms with Crippen LogP contribution in [0.15, 0.2) is 42.7 Å². The molecule has 3 aromatic rings. The summed E-state index contributed by atoms with van der Waals surface area (Å²) in [6.45, 7) is 6.07. The summed E-state index contributed by atoms with van der Waals surface area (Å²) < 4.78 is 43.9. The van der Waals surface area contributed by atoms with E-state index in [0.29, 0.717) is 43.8 Å². The van der Waals surface area contributed by atoms with Crippen LogP contribution in [0, 0.1) is 29.4 Å². The molecule has 206 valence electrons. The number of hydrogen-bond acceptors (Lipinski definition) is 7. The Balaban J connectivity index is 1.41. The fraction of sp³-hybridized carbons (Fsp3) is 0.414. The minimum absolute atomic E-state index is 0.103. The van der Waals surface area contributed by atoms with Crippen LogP contribution in [0.1, 0.15) is 31.0 Å². The average Bonchev–Trinajstić information content (AvgIpc) is 3.63. The van der Waals surface area contributed by atoms with Crippen LogP contribution in [0.4, 0.5) is 14.5 Å². The lowest BCUT2D eigenvalue weighted by Gasteiger charge is -2.30. The Morgan fingerprint density at radius 2 is 2.05 bits per heavy atom. The number of morpholine rings is 1. The van der Waals surface area contributed by atoms with Crippen molar-refractivity contribution in [3.05, 3.63) is 65.6 Å².